The number of carbonyl (C=O) groups excluding carboxylic acids is 1. The Morgan fingerprint density at radius 3 is 2.43 bits per heavy atom. The van der Waals surface area contributed by atoms with Crippen molar-refractivity contribution in [2.24, 2.45) is 5.92 Å². The van der Waals surface area contributed by atoms with E-state index in [1.54, 1.807) is 30.3 Å². The summed E-state index contributed by atoms with van der Waals surface area (Å²) in [5.74, 6) is -2.23. The summed E-state index contributed by atoms with van der Waals surface area (Å²) >= 11 is 0. The summed E-state index contributed by atoms with van der Waals surface area (Å²) in [6.45, 7) is -0.675. The van der Waals surface area contributed by atoms with Crippen LogP contribution in [0.4, 0.5) is 18.0 Å². The van der Waals surface area contributed by atoms with E-state index in [-0.39, 0.29) is 13.0 Å². The Balaban J connectivity index is 2.07. The van der Waals surface area contributed by atoms with Crippen molar-refractivity contribution in [3.8, 4) is 0 Å². The maximum absolute atomic E-state index is 13.0. The molecule has 1 saturated heterocycles. The van der Waals surface area contributed by atoms with Gasteiger partial charge in [-0.25, -0.2) is 4.79 Å². The third-order valence-corrected chi connectivity index (χ3v) is 3.75. The van der Waals surface area contributed by atoms with Crippen LogP contribution in [0.5, 0.6) is 0 Å². The average molecular weight is 331 g/mol. The second-order valence-corrected chi connectivity index (χ2v) is 5.36. The first-order valence-electron chi connectivity index (χ1n) is 7.06. The molecule has 1 N–H and O–H groups in total. The van der Waals surface area contributed by atoms with Crippen molar-refractivity contribution in [2.75, 3.05) is 6.54 Å². The van der Waals surface area contributed by atoms with Crippen LogP contribution in [0.15, 0.2) is 30.3 Å². The molecule has 1 aromatic carbocycles. The third-order valence-electron chi connectivity index (χ3n) is 3.75. The van der Waals surface area contributed by atoms with E-state index in [1.165, 1.54) is 0 Å². The molecule has 0 bridgehead atoms. The molecule has 1 amide bonds. The van der Waals surface area contributed by atoms with Crippen molar-refractivity contribution < 1.29 is 32.6 Å². The van der Waals surface area contributed by atoms with Gasteiger partial charge in [-0.2, -0.15) is 13.2 Å². The summed E-state index contributed by atoms with van der Waals surface area (Å²) in [6, 6.07) is 6.51. The Kier molecular flexibility index (Phi) is 5.12. The van der Waals surface area contributed by atoms with Gasteiger partial charge in [0.05, 0.1) is 5.92 Å². The smallest absolute Gasteiger partial charge is 0.410 e. The summed E-state index contributed by atoms with van der Waals surface area (Å²) in [5, 5.41) is 8.97. The lowest BCUT2D eigenvalue weighted by molar-refractivity contribution is -0.191. The summed E-state index contributed by atoms with van der Waals surface area (Å²) < 4.78 is 44.1. The van der Waals surface area contributed by atoms with E-state index in [2.05, 4.69) is 0 Å². The highest BCUT2D eigenvalue weighted by Gasteiger charge is 2.49. The number of carboxylic acids is 1. The van der Waals surface area contributed by atoms with Gasteiger partial charge < -0.3 is 9.84 Å². The molecule has 1 heterocycles. The largest absolute Gasteiger partial charge is 0.481 e. The van der Waals surface area contributed by atoms with Gasteiger partial charge in [0.2, 0.25) is 0 Å². The highest BCUT2D eigenvalue weighted by Crippen LogP contribution is 2.34. The number of benzene rings is 1. The molecule has 5 nitrogen and oxygen atoms in total. The number of piperidine rings is 1. The molecule has 1 aliphatic heterocycles. The second-order valence-electron chi connectivity index (χ2n) is 5.36. The Morgan fingerprint density at radius 1 is 1.22 bits per heavy atom. The van der Waals surface area contributed by atoms with Gasteiger partial charge in [0.25, 0.3) is 0 Å². The molecule has 1 aromatic rings. The van der Waals surface area contributed by atoms with E-state index in [1.807, 2.05) is 0 Å². The second kappa shape index (κ2) is 6.89. The number of alkyl halides is 3. The molecule has 0 aromatic heterocycles. The number of hydrogen-bond donors (Lipinski definition) is 1. The van der Waals surface area contributed by atoms with E-state index in [4.69, 9.17) is 9.84 Å². The Bertz CT molecular complexity index is 562. The van der Waals surface area contributed by atoms with Gasteiger partial charge >= 0.3 is 18.2 Å². The topological polar surface area (TPSA) is 66.8 Å². The van der Waals surface area contributed by atoms with Crippen LogP contribution in [0.3, 0.4) is 0 Å². The van der Waals surface area contributed by atoms with Crippen LogP contribution in [0.1, 0.15) is 18.4 Å². The van der Waals surface area contributed by atoms with Crippen LogP contribution >= 0.6 is 0 Å². The van der Waals surface area contributed by atoms with Crippen LogP contribution in [-0.4, -0.2) is 40.8 Å². The number of halogens is 3. The van der Waals surface area contributed by atoms with Gasteiger partial charge in [-0.3, -0.25) is 9.69 Å². The fourth-order valence-electron chi connectivity index (χ4n) is 2.52. The van der Waals surface area contributed by atoms with Gasteiger partial charge in [-0.05, 0) is 18.4 Å². The molecule has 0 spiro atoms. The molecule has 23 heavy (non-hydrogen) atoms. The summed E-state index contributed by atoms with van der Waals surface area (Å²) in [5.41, 5.74) is 0.635. The zero-order chi connectivity index (χ0) is 17.0. The Labute approximate surface area is 130 Å². The van der Waals surface area contributed by atoms with E-state index in [0.717, 1.165) is 0 Å². The van der Waals surface area contributed by atoms with Crippen LogP contribution < -0.4 is 0 Å². The maximum Gasteiger partial charge on any atom is 0.410 e. The van der Waals surface area contributed by atoms with Crippen molar-refractivity contribution in [2.45, 2.75) is 31.7 Å². The van der Waals surface area contributed by atoms with E-state index in [9.17, 15) is 22.8 Å². The van der Waals surface area contributed by atoms with Crippen molar-refractivity contribution in [1.82, 2.24) is 4.90 Å². The van der Waals surface area contributed by atoms with Crippen LogP contribution in [0.25, 0.3) is 0 Å². The molecule has 1 aliphatic rings. The van der Waals surface area contributed by atoms with Crippen molar-refractivity contribution in [3.63, 3.8) is 0 Å². The fourth-order valence-corrected chi connectivity index (χ4v) is 2.52. The first kappa shape index (κ1) is 17.1. The van der Waals surface area contributed by atoms with Gasteiger partial charge in [-0.1, -0.05) is 30.3 Å². The summed E-state index contributed by atoms with van der Waals surface area (Å²) in [6.07, 6.45) is -6.33. The normalized spacial score (nSPS) is 21.8. The number of likely N-dealkylation sites (tertiary alicyclic amines) is 1. The molecule has 0 unspecified atom stereocenters. The van der Waals surface area contributed by atoms with E-state index < -0.39 is 43.2 Å². The number of carbonyl (C=O) groups is 2. The molecular weight excluding hydrogens is 315 g/mol. The van der Waals surface area contributed by atoms with Crippen molar-refractivity contribution in [1.29, 1.82) is 0 Å². The maximum atomic E-state index is 13.0. The minimum atomic E-state index is -4.62. The number of ether oxygens (including phenoxy) is 1. The molecule has 8 heteroatoms. The highest BCUT2D eigenvalue weighted by molar-refractivity contribution is 5.73. The molecule has 2 rings (SSSR count). The summed E-state index contributed by atoms with van der Waals surface area (Å²) in [4.78, 5) is 23.5. The number of aliphatic carboxylic acids is 1. The number of hydrogen-bond acceptors (Lipinski definition) is 3. The van der Waals surface area contributed by atoms with Gasteiger partial charge in [0, 0.05) is 6.54 Å². The van der Waals surface area contributed by atoms with E-state index in [0.29, 0.717) is 10.5 Å². The SMILES string of the molecule is O=C(O)[C@@H]1CC[C@@H](C(F)(F)F)N(C(=O)OCc2ccccc2)C1. The number of carboxylic acid groups (broad SMARTS) is 1. The average Bonchev–Trinajstić information content (AvgIpc) is 2.52. The first-order chi connectivity index (χ1) is 10.8. The van der Waals surface area contributed by atoms with Gasteiger partial charge in [0.15, 0.2) is 0 Å². The zero-order valence-corrected chi connectivity index (χ0v) is 12.1. The quantitative estimate of drug-likeness (QED) is 0.924. The zero-order valence-electron chi connectivity index (χ0n) is 12.1. The molecule has 2 atom stereocenters. The molecule has 0 radical (unpaired) electrons. The lowest BCUT2D eigenvalue weighted by atomic mass is 9.93. The Morgan fingerprint density at radius 2 is 1.87 bits per heavy atom. The van der Waals surface area contributed by atoms with Crippen molar-refractivity contribution in [3.05, 3.63) is 35.9 Å². The monoisotopic (exact) mass is 331 g/mol. The standard InChI is InChI=1S/C15H16F3NO4/c16-15(17,18)12-7-6-11(13(20)21)8-19(12)14(22)23-9-10-4-2-1-3-5-10/h1-5,11-12H,6-9H2,(H,20,21)/t11-,12+/m1/s1. The highest BCUT2D eigenvalue weighted by atomic mass is 19.4. The minimum absolute atomic E-state index is 0.123. The molecule has 0 aliphatic carbocycles. The predicted octanol–water partition coefficient (Wildman–Crippen LogP) is 3.05. The molecular formula is C15H16F3NO4. The lowest BCUT2D eigenvalue weighted by Crippen LogP contribution is -2.54. The summed E-state index contributed by atoms with van der Waals surface area (Å²) in [7, 11) is 0. The van der Waals surface area contributed by atoms with Gasteiger partial charge in [-0.15, -0.1) is 0 Å². The molecule has 126 valence electrons. The van der Waals surface area contributed by atoms with Crippen LogP contribution in [-0.2, 0) is 16.1 Å². The lowest BCUT2D eigenvalue weighted by Gasteiger charge is -2.38. The predicted molar refractivity (Wildman–Crippen MR) is 73.5 cm³/mol. The number of amides is 1. The van der Waals surface area contributed by atoms with Gasteiger partial charge in [0.1, 0.15) is 12.6 Å². The van der Waals surface area contributed by atoms with E-state index >= 15 is 0 Å². The van der Waals surface area contributed by atoms with Crippen LogP contribution in [0.2, 0.25) is 0 Å². The first-order valence-corrected chi connectivity index (χ1v) is 7.06. The van der Waals surface area contributed by atoms with Crippen molar-refractivity contribution >= 4 is 12.1 Å². The fraction of sp³-hybridized carbons (Fsp3) is 0.467. The number of rotatable bonds is 3. The van der Waals surface area contributed by atoms with Crippen LogP contribution in [0, 0.1) is 5.92 Å². The third kappa shape index (κ3) is 4.37. The minimum Gasteiger partial charge on any atom is -0.481 e. The number of nitrogens with zero attached hydrogens (tertiary/aromatic N) is 1. The molecule has 1 fully saturated rings. The Hall–Kier alpha value is -2.25. The molecule has 0 saturated carbocycles.